The monoisotopic (exact) mass is 315 g/mol. The van der Waals surface area contributed by atoms with E-state index in [9.17, 15) is 9.59 Å². The number of carbonyl (C=O) groups excluding carboxylic acids is 2. The van der Waals surface area contributed by atoms with Crippen LogP contribution in [0.2, 0.25) is 10.0 Å². The Morgan fingerprint density at radius 1 is 1.50 bits per heavy atom. The van der Waals surface area contributed by atoms with Crippen molar-refractivity contribution >= 4 is 40.7 Å². The lowest BCUT2D eigenvalue weighted by Crippen LogP contribution is -2.41. The van der Waals surface area contributed by atoms with Crippen molar-refractivity contribution in [3.8, 4) is 0 Å². The Bertz CT molecular complexity index is 589. The van der Waals surface area contributed by atoms with Gasteiger partial charge >= 0.3 is 0 Å². The van der Waals surface area contributed by atoms with E-state index in [-0.39, 0.29) is 24.6 Å². The smallest absolute Gasteiger partial charge is 0.269 e. The Balaban J connectivity index is 1.94. The number of oxime groups is 1. The van der Waals surface area contributed by atoms with Crippen molar-refractivity contribution in [1.82, 2.24) is 10.6 Å². The van der Waals surface area contributed by atoms with Crippen LogP contribution in [0.5, 0.6) is 0 Å². The van der Waals surface area contributed by atoms with Gasteiger partial charge in [-0.3, -0.25) is 9.59 Å². The first-order chi connectivity index (χ1) is 9.51. The summed E-state index contributed by atoms with van der Waals surface area (Å²) in [5, 5.41) is 17.4. The Labute approximate surface area is 124 Å². The number of hydrogen-bond donors (Lipinski definition) is 3. The van der Waals surface area contributed by atoms with E-state index >= 15 is 0 Å². The minimum Gasteiger partial charge on any atom is -0.410 e. The van der Waals surface area contributed by atoms with Crippen molar-refractivity contribution in [2.75, 3.05) is 0 Å². The number of halogens is 2. The summed E-state index contributed by atoms with van der Waals surface area (Å²) in [4.78, 5) is 23.1. The van der Waals surface area contributed by atoms with Gasteiger partial charge in [0.25, 0.3) is 5.91 Å². The molecule has 0 aliphatic carbocycles. The summed E-state index contributed by atoms with van der Waals surface area (Å²) in [6, 6.07) is 4.22. The molecule has 0 spiro atoms. The Morgan fingerprint density at radius 3 is 2.85 bits per heavy atom. The highest BCUT2D eigenvalue weighted by molar-refractivity contribution is 6.41. The summed E-state index contributed by atoms with van der Waals surface area (Å²) in [5.41, 5.74) is 0.652. The molecule has 0 bridgehead atoms. The first kappa shape index (κ1) is 14.6. The van der Waals surface area contributed by atoms with Gasteiger partial charge in [0.2, 0.25) is 5.91 Å². The standard InChI is InChI=1S/C12H11Cl2N3O3/c13-7-2-1-6(8(14)3-7)5-15-11(18)9-4-10(17-20)12(19)16-9/h1-3,9,20H,4-5H2,(H,15,18)(H,16,19)/b17-10+/t9-/m0/s1. The summed E-state index contributed by atoms with van der Waals surface area (Å²) >= 11 is 11.8. The van der Waals surface area contributed by atoms with Crippen molar-refractivity contribution in [2.24, 2.45) is 5.16 Å². The highest BCUT2D eigenvalue weighted by Gasteiger charge is 2.33. The maximum atomic E-state index is 11.9. The van der Waals surface area contributed by atoms with Crippen LogP contribution < -0.4 is 10.6 Å². The molecular weight excluding hydrogens is 305 g/mol. The second-order valence-electron chi connectivity index (χ2n) is 4.23. The number of carbonyl (C=O) groups is 2. The molecule has 1 aliphatic rings. The summed E-state index contributed by atoms with van der Waals surface area (Å²) in [5.74, 6) is -0.916. The summed E-state index contributed by atoms with van der Waals surface area (Å²) in [6.45, 7) is 0.215. The van der Waals surface area contributed by atoms with Crippen LogP contribution in [0.4, 0.5) is 0 Å². The van der Waals surface area contributed by atoms with E-state index in [1.54, 1.807) is 18.2 Å². The zero-order chi connectivity index (χ0) is 14.7. The van der Waals surface area contributed by atoms with Gasteiger partial charge in [-0.25, -0.2) is 0 Å². The van der Waals surface area contributed by atoms with E-state index in [1.807, 2.05) is 0 Å². The average molecular weight is 316 g/mol. The van der Waals surface area contributed by atoms with E-state index in [0.29, 0.717) is 15.6 Å². The Morgan fingerprint density at radius 2 is 2.25 bits per heavy atom. The molecule has 106 valence electrons. The van der Waals surface area contributed by atoms with Gasteiger partial charge in [0, 0.05) is 23.0 Å². The van der Waals surface area contributed by atoms with Gasteiger partial charge in [-0.15, -0.1) is 0 Å². The topological polar surface area (TPSA) is 90.8 Å². The predicted octanol–water partition coefficient (Wildman–Crippen LogP) is 1.33. The quantitative estimate of drug-likeness (QED) is 0.580. The molecule has 0 unspecified atom stereocenters. The second kappa shape index (κ2) is 6.11. The molecule has 2 amide bonds. The Hall–Kier alpha value is -1.79. The number of hydrogen-bond acceptors (Lipinski definition) is 4. The van der Waals surface area contributed by atoms with Gasteiger partial charge in [0.15, 0.2) is 0 Å². The third-order valence-electron chi connectivity index (χ3n) is 2.87. The first-order valence-corrected chi connectivity index (χ1v) is 6.50. The molecule has 1 saturated heterocycles. The third-order valence-corrected chi connectivity index (χ3v) is 3.46. The highest BCUT2D eigenvalue weighted by Crippen LogP contribution is 2.20. The highest BCUT2D eigenvalue weighted by atomic mass is 35.5. The van der Waals surface area contributed by atoms with E-state index < -0.39 is 11.9 Å². The van der Waals surface area contributed by atoms with Crippen LogP contribution in [-0.4, -0.2) is 28.8 Å². The van der Waals surface area contributed by atoms with Crippen molar-refractivity contribution < 1.29 is 14.8 Å². The van der Waals surface area contributed by atoms with Gasteiger partial charge in [-0.05, 0) is 17.7 Å². The lowest BCUT2D eigenvalue weighted by Gasteiger charge is -2.11. The molecule has 0 aromatic heterocycles. The molecule has 20 heavy (non-hydrogen) atoms. The van der Waals surface area contributed by atoms with Gasteiger partial charge in [0.1, 0.15) is 11.8 Å². The molecule has 1 aromatic rings. The summed E-state index contributed by atoms with van der Waals surface area (Å²) in [6.07, 6.45) is 0.0511. The lowest BCUT2D eigenvalue weighted by molar-refractivity contribution is -0.125. The molecule has 3 N–H and O–H groups in total. The van der Waals surface area contributed by atoms with Crippen LogP contribution in [0.1, 0.15) is 12.0 Å². The van der Waals surface area contributed by atoms with E-state index in [1.165, 1.54) is 0 Å². The maximum absolute atomic E-state index is 11.9. The normalized spacial score (nSPS) is 20.0. The molecular formula is C12H11Cl2N3O3. The van der Waals surface area contributed by atoms with Crippen molar-refractivity contribution in [2.45, 2.75) is 19.0 Å². The number of amides is 2. The van der Waals surface area contributed by atoms with Crippen LogP contribution in [0.3, 0.4) is 0 Å². The molecule has 8 heteroatoms. The second-order valence-corrected chi connectivity index (χ2v) is 5.07. The van der Waals surface area contributed by atoms with Crippen molar-refractivity contribution in [3.63, 3.8) is 0 Å². The van der Waals surface area contributed by atoms with E-state index in [4.69, 9.17) is 28.4 Å². The van der Waals surface area contributed by atoms with Crippen LogP contribution in [0, 0.1) is 0 Å². The fourth-order valence-corrected chi connectivity index (χ4v) is 2.27. The first-order valence-electron chi connectivity index (χ1n) is 5.74. The largest absolute Gasteiger partial charge is 0.410 e. The molecule has 1 atom stereocenters. The predicted molar refractivity (Wildman–Crippen MR) is 74.1 cm³/mol. The number of nitrogens with one attached hydrogen (secondary N) is 2. The summed E-state index contributed by atoms with van der Waals surface area (Å²) in [7, 11) is 0. The van der Waals surface area contributed by atoms with Crippen molar-refractivity contribution in [3.05, 3.63) is 33.8 Å². The minimum atomic E-state index is -0.737. The van der Waals surface area contributed by atoms with Gasteiger partial charge < -0.3 is 15.8 Å². The summed E-state index contributed by atoms with van der Waals surface area (Å²) < 4.78 is 0. The molecule has 6 nitrogen and oxygen atoms in total. The zero-order valence-corrected chi connectivity index (χ0v) is 11.7. The molecule has 1 heterocycles. The van der Waals surface area contributed by atoms with Crippen LogP contribution in [0.25, 0.3) is 0 Å². The van der Waals surface area contributed by atoms with E-state index in [2.05, 4.69) is 15.8 Å². The third kappa shape index (κ3) is 3.20. The molecule has 1 aromatic carbocycles. The Kier molecular flexibility index (Phi) is 4.46. The molecule has 0 radical (unpaired) electrons. The maximum Gasteiger partial charge on any atom is 0.269 e. The number of benzene rings is 1. The zero-order valence-electron chi connectivity index (χ0n) is 10.2. The average Bonchev–Trinajstić information content (AvgIpc) is 2.79. The number of nitrogens with zero attached hydrogens (tertiary/aromatic N) is 1. The van der Waals surface area contributed by atoms with E-state index in [0.717, 1.165) is 0 Å². The SMILES string of the molecule is O=C1N[C@H](C(=O)NCc2ccc(Cl)cc2Cl)C/C1=N\O. The van der Waals surface area contributed by atoms with Gasteiger partial charge in [0.05, 0.1) is 0 Å². The minimum absolute atomic E-state index is 0.0511. The van der Waals surface area contributed by atoms with Gasteiger partial charge in [-0.2, -0.15) is 0 Å². The number of rotatable bonds is 3. The fourth-order valence-electron chi connectivity index (χ4n) is 1.79. The van der Waals surface area contributed by atoms with Crippen LogP contribution in [0.15, 0.2) is 23.4 Å². The van der Waals surface area contributed by atoms with Gasteiger partial charge in [-0.1, -0.05) is 34.4 Å². The van der Waals surface area contributed by atoms with Crippen LogP contribution in [-0.2, 0) is 16.1 Å². The molecule has 0 saturated carbocycles. The molecule has 1 fully saturated rings. The molecule has 2 rings (SSSR count). The molecule has 1 aliphatic heterocycles. The lowest BCUT2D eigenvalue weighted by atomic mass is 10.2. The van der Waals surface area contributed by atoms with Crippen molar-refractivity contribution in [1.29, 1.82) is 0 Å². The van der Waals surface area contributed by atoms with Crippen LogP contribution >= 0.6 is 23.2 Å². The fraction of sp³-hybridized carbons (Fsp3) is 0.250.